The van der Waals surface area contributed by atoms with Gasteiger partial charge in [0.1, 0.15) is 0 Å². The van der Waals surface area contributed by atoms with Crippen LogP contribution in [0, 0.1) is 0 Å². The van der Waals surface area contributed by atoms with Gasteiger partial charge in [-0.25, -0.2) is 0 Å². The van der Waals surface area contributed by atoms with Crippen LogP contribution >= 0.6 is 0 Å². The summed E-state index contributed by atoms with van der Waals surface area (Å²) in [7, 11) is 0. The average Bonchev–Trinajstić information content (AvgIpc) is 2.92. The van der Waals surface area contributed by atoms with Gasteiger partial charge in [-0.05, 0) is 38.5 Å². The summed E-state index contributed by atoms with van der Waals surface area (Å²) in [5.74, 6) is -3.07. The fraction of sp³-hybridized carbons (Fsp3) is 0.848. The molecule has 0 rings (SSSR count). The van der Waals surface area contributed by atoms with Crippen LogP contribution < -0.4 is 5.11 Å². The molecule has 0 aliphatic carbocycles. The normalized spacial score (nSPS) is 11.8. The lowest BCUT2D eigenvalue weighted by Crippen LogP contribution is -2.53. The first-order valence-corrected chi connectivity index (χ1v) is 16.4. The van der Waals surface area contributed by atoms with Crippen molar-refractivity contribution in [3.05, 3.63) is 12.2 Å². The molecule has 0 aliphatic heterocycles. The molecule has 0 unspecified atom stereocenters. The predicted molar refractivity (Wildman–Crippen MR) is 161 cm³/mol. The summed E-state index contributed by atoms with van der Waals surface area (Å²) in [6.07, 6.45) is 29.6. The second kappa shape index (κ2) is 27.3. The van der Waals surface area contributed by atoms with Crippen molar-refractivity contribution in [2.75, 3.05) is 26.2 Å². The molecular weight excluding hydrogens is 506 g/mol. The molecule has 0 heterocycles. The molecular formula is C33H61NO6. The molecule has 0 amide bonds. The maximum atomic E-state index is 11.1. The molecule has 0 saturated heterocycles. The van der Waals surface area contributed by atoms with E-state index in [9.17, 15) is 19.5 Å². The van der Waals surface area contributed by atoms with Gasteiger partial charge in [0, 0.05) is 12.4 Å². The van der Waals surface area contributed by atoms with Crippen molar-refractivity contribution in [3.8, 4) is 0 Å². The Morgan fingerprint density at radius 2 is 0.875 bits per heavy atom. The van der Waals surface area contributed by atoms with E-state index in [1.807, 2.05) is 0 Å². The van der Waals surface area contributed by atoms with E-state index in [1.165, 1.54) is 109 Å². The monoisotopic (exact) mass is 567 g/mol. The fourth-order valence-electron chi connectivity index (χ4n) is 5.42. The van der Waals surface area contributed by atoms with Crippen LogP contribution in [0.5, 0.6) is 0 Å². The molecule has 0 saturated carbocycles. The zero-order chi connectivity index (χ0) is 29.7. The smallest absolute Gasteiger partial charge is 0.309 e. The second-order valence-corrected chi connectivity index (χ2v) is 11.7. The van der Waals surface area contributed by atoms with Crippen LogP contribution in [0.2, 0.25) is 0 Å². The number of unbranched alkanes of at least 4 members (excludes halogenated alkanes) is 18. The van der Waals surface area contributed by atoms with Crippen LogP contribution in [0.15, 0.2) is 12.2 Å². The van der Waals surface area contributed by atoms with E-state index < -0.39 is 17.9 Å². The van der Waals surface area contributed by atoms with E-state index in [0.29, 0.717) is 6.54 Å². The van der Waals surface area contributed by atoms with Gasteiger partial charge in [-0.3, -0.25) is 9.59 Å². The summed E-state index contributed by atoms with van der Waals surface area (Å²) >= 11 is 0. The van der Waals surface area contributed by atoms with Gasteiger partial charge in [0.25, 0.3) is 0 Å². The molecule has 0 spiro atoms. The second-order valence-electron chi connectivity index (χ2n) is 11.7. The standard InChI is InChI=1S/C33H61NO6/c1-2-3-4-5-6-7-8-9-10-11-12-13-14-15-16-17-18-19-20-21-22-23-27-34(28-24-31(35)36,29-25-32(37)38)30-26-33(39)40/h9-10H,2-8,11-30H2,1H3,(H2-,35,36,37,38,39,40)/b10-9+. The molecule has 0 aromatic heterocycles. The number of nitrogens with zero attached hydrogens (tertiary/aromatic N) is 1. The third-order valence-corrected chi connectivity index (χ3v) is 8.03. The number of hydrogen-bond donors (Lipinski definition) is 2. The Kier molecular flexibility index (Phi) is 26.0. The summed E-state index contributed by atoms with van der Waals surface area (Å²) in [6.45, 7) is 3.61. The first-order valence-electron chi connectivity index (χ1n) is 16.4. The molecule has 0 aromatic carbocycles. The molecule has 0 aliphatic rings. The number of rotatable bonds is 31. The van der Waals surface area contributed by atoms with Crippen LogP contribution in [0.1, 0.15) is 155 Å². The molecule has 40 heavy (non-hydrogen) atoms. The van der Waals surface area contributed by atoms with Crippen LogP contribution in [0.4, 0.5) is 0 Å². The maximum Gasteiger partial charge on any atom is 0.309 e. The highest BCUT2D eigenvalue weighted by Gasteiger charge is 2.28. The number of allylic oxidation sites excluding steroid dienone is 2. The third-order valence-electron chi connectivity index (χ3n) is 8.03. The zero-order valence-electron chi connectivity index (χ0n) is 25.7. The zero-order valence-corrected chi connectivity index (χ0v) is 25.7. The van der Waals surface area contributed by atoms with Crippen molar-refractivity contribution in [2.45, 2.75) is 155 Å². The molecule has 7 heteroatoms. The van der Waals surface area contributed by atoms with Crippen LogP contribution in [-0.4, -0.2) is 58.8 Å². The molecule has 0 fully saturated rings. The van der Waals surface area contributed by atoms with Gasteiger partial charge in [-0.2, -0.15) is 0 Å². The van der Waals surface area contributed by atoms with E-state index in [0.717, 1.165) is 19.3 Å². The first-order chi connectivity index (χ1) is 19.3. The quantitative estimate of drug-likeness (QED) is 0.0517. The number of carbonyl (C=O) groups excluding carboxylic acids is 1. The van der Waals surface area contributed by atoms with Crippen molar-refractivity contribution in [2.24, 2.45) is 0 Å². The predicted octanol–water partition coefficient (Wildman–Crippen LogP) is 7.27. The fourth-order valence-corrected chi connectivity index (χ4v) is 5.42. The number of aliphatic carboxylic acids is 3. The lowest BCUT2D eigenvalue weighted by Gasteiger charge is -2.38. The van der Waals surface area contributed by atoms with E-state index in [2.05, 4.69) is 19.1 Å². The summed E-state index contributed by atoms with van der Waals surface area (Å²) in [5.41, 5.74) is 0. The lowest BCUT2D eigenvalue weighted by atomic mass is 10.0. The molecule has 2 N–H and O–H groups in total. The molecule has 0 bridgehead atoms. The Hall–Kier alpha value is -1.89. The van der Waals surface area contributed by atoms with Crippen molar-refractivity contribution < 1.29 is 34.2 Å². The minimum atomic E-state index is -1.18. The number of quaternary nitrogens is 1. The highest BCUT2D eigenvalue weighted by molar-refractivity contribution is 5.67. The maximum absolute atomic E-state index is 11.1. The highest BCUT2D eigenvalue weighted by atomic mass is 16.4. The first kappa shape index (κ1) is 38.1. The molecule has 7 nitrogen and oxygen atoms in total. The molecule has 0 atom stereocenters. The summed E-state index contributed by atoms with van der Waals surface area (Å²) < 4.78 is 0.224. The van der Waals surface area contributed by atoms with Gasteiger partial charge in [0.05, 0.1) is 39.0 Å². The third kappa shape index (κ3) is 26.3. The van der Waals surface area contributed by atoms with Crippen LogP contribution in [0.3, 0.4) is 0 Å². The van der Waals surface area contributed by atoms with E-state index >= 15 is 0 Å². The minimum Gasteiger partial charge on any atom is -0.550 e. The number of carboxylic acid groups (broad SMARTS) is 3. The SMILES string of the molecule is CCCCCCCC/C=C/CCCCCCCCCCCCCC[N+](CCC(=O)[O-])(CCC(=O)O)CCC(=O)O. The van der Waals surface area contributed by atoms with Gasteiger partial charge < -0.3 is 24.6 Å². The van der Waals surface area contributed by atoms with Gasteiger partial charge in [0.15, 0.2) is 0 Å². The summed E-state index contributed by atoms with van der Waals surface area (Å²) in [4.78, 5) is 33.3. The van der Waals surface area contributed by atoms with Crippen LogP contribution in [0.25, 0.3) is 0 Å². The largest absolute Gasteiger partial charge is 0.550 e. The van der Waals surface area contributed by atoms with E-state index in [-0.39, 0.29) is 43.4 Å². The highest BCUT2D eigenvalue weighted by Crippen LogP contribution is 2.17. The van der Waals surface area contributed by atoms with Crippen LogP contribution in [-0.2, 0) is 14.4 Å². The van der Waals surface area contributed by atoms with Gasteiger partial charge in [-0.1, -0.05) is 109 Å². The summed E-state index contributed by atoms with van der Waals surface area (Å²) in [6, 6.07) is 0. The Balaban J connectivity index is 3.83. The number of carboxylic acids is 3. The molecule has 0 aromatic rings. The summed E-state index contributed by atoms with van der Waals surface area (Å²) in [5, 5.41) is 29.3. The van der Waals surface area contributed by atoms with Crippen molar-refractivity contribution >= 4 is 17.9 Å². The Morgan fingerprint density at radius 1 is 0.525 bits per heavy atom. The van der Waals surface area contributed by atoms with Gasteiger partial charge in [0.2, 0.25) is 0 Å². The Morgan fingerprint density at radius 3 is 1.25 bits per heavy atom. The number of carbonyl (C=O) groups is 3. The average molecular weight is 568 g/mol. The van der Waals surface area contributed by atoms with Crippen molar-refractivity contribution in [1.82, 2.24) is 0 Å². The van der Waals surface area contributed by atoms with Crippen molar-refractivity contribution in [3.63, 3.8) is 0 Å². The minimum absolute atomic E-state index is 0.0942. The van der Waals surface area contributed by atoms with E-state index in [4.69, 9.17) is 10.2 Å². The Bertz CT molecular complexity index is 618. The number of hydrogen-bond acceptors (Lipinski definition) is 4. The van der Waals surface area contributed by atoms with Gasteiger partial charge >= 0.3 is 11.9 Å². The lowest BCUT2D eigenvalue weighted by molar-refractivity contribution is -0.927. The van der Waals surface area contributed by atoms with Gasteiger partial charge in [-0.15, -0.1) is 0 Å². The molecule has 234 valence electrons. The topological polar surface area (TPSA) is 115 Å². The molecule has 0 radical (unpaired) electrons. The van der Waals surface area contributed by atoms with E-state index in [1.54, 1.807) is 0 Å². The van der Waals surface area contributed by atoms with Crippen molar-refractivity contribution in [1.29, 1.82) is 0 Å². The Labute approximate surface area is 245 Å².